The summed E-state index contributed by atoms with van der Waals surface area (Å²) in [6.07, 6.45) is 1.23. The van der Waals surface area contributed by atoms with E-state index in [9.17, 15) is 0 Å². The Labute approximate surface area is 98.6 Å². The third-order valence-corrected chi connectivity index (χ3v) is 4.25. The van der Waals surface area contributed by atoms with Gasteiger partial charge in [0, 0.05) is 17.3 Å². The number of aromatic amines is 1. The maximum Gasteiger partial charge on any atom is 0.101 e. The Hall–Kier alpha value is -1.86. The van der Waals surface area contributed by atoms with E-state index in [1.165, 1.54) is 6.42 Å². The number of nitrogens with one attached hydrogen (secondary N) is 2. The molecule has 1 saturated heterocycles. The molecule has 2 heterocycles. The number of H-pyrrole nitrogens is 1. The van der Waals surface area contributed by atoms with Crippen LogP contribution in [0.2, 0.25) is 0 Å². The third-order valence-electron chi connectivity index (χ3n) is 4.25. The number of benzene rings is 1. The summed E-state index contributed by atoms with van der Waals surface area (Å²) < 4.78 is 0. The molecule has 1 aliphatic heterocycles. The SMILES string of the molecule is N#Cc1cccc2c(C34CNCC3C4)n[nH]c12. The van der Waals surface area contributed by atoms with Crippen LogP contribution in [0.3, 0.4) is 0 Å². The Morgan fingerprint density at radius 1 is 1.47 bits per heavy atom. The highest BCUT2D eigenvalue weighted by atomic mass is 15.1. The molecular weight excluding hydrogens is 212 g/mol. The molecule has 17 heavy (non-hydrogen) atoms. The number of para-hydroxylation sites is 1. The Kier molecular flexibility index (Phi) is 1.56. The van der Waals surface area contributed by atoms with Gasteiger partial charge < -0.3 is 5.32 Å². The van der Waals surface area contributed by atoms with Gasteiger partial charge in [-0.05, 0) is 24.9 Å². The zero-order valence-corrected chi connectivity index (χ0v) is 9.33. The van der Waals surface area contributed by atoms with Crippen molar-refractivity contribution in [3.8, 4) is 6.07 Å². The maximum atomic E-state index is 9.07. The molecule has 0 radical (unpaired) electrons. The van der Waals surface area contributed by atoms with Crippen LogP contribution in [0.15, 0.2) is 18.2 Å². The summed E-state index contributed by atoms with van der Waals surface area (Å²) in [7, 11) is 0. The zero-order valence-electron chi connectivity index (χ0n) is 9.33. The number of rotatable bonds is 1. The van der Waals surface area contributed by atoms with Gasteiger partial charge in [0.2, 0.25) is 0 Å². The predicted octanol–water partition coefficient (Wildman–Crippen LogP) is 1.30. The van der Waals surface area contributed by atoms with E-state index in [1.807, 2.05) is 12.1 Å². The highest BCUT2D eigenvalue weighted by Gasteiger charge is 2.60. The standard InChI is InChI=1S/C13H12N4/c14-5-8-2-1-3-10-11(8)16-17-12(10)13-4-9(13)6-15-7-13/h1-3,9,15H,4,6-7H2,(H,16,17). The van der Waals surface area contributed by atoms with Crippen molar-refractivity contribution in [2.45, 2.75) is 11.8 Å². The van der Waals surface area contributed by atoms with Gasteiger partial charge in [0.1, 0.15) is 6.07 Å². The lowest BCUT2D eigenvalue weighted by atomic mass is 9.97. The minimum absolute atomic E-state index is 0.242. The molecule has 4 heteroatoms. The van der Waals surface area contributed by atoms with E-state index in [4.69, 9.17) is 5.26 Å². The molecule has 2 fully saturated rings. The minimum atomic E-state index is 0.242. The normalized spacial score (nSPS) is 30.2. The molecule has 0 amide bonds. The van der Waals surface area contributed by atoms with Crippen LogP contribution in [0.5, 0.6) is 0 Å². The highest BCUT2D eigenvalue weighted by Crippen LogP contribution is 2.57. The third kappa shape index (κ3) is 1.02. The first-order valence-corrected chi connectivity index (χ1v) is 5.93. The summed E-state index contributed by atoms with van der Waals surface area (Å²) in [5.74, 6) is 0.736. The quantitative estimate of drug-likeness (QED) is 0.767. The molecule has 2 unspecified atom stereocenters. The first-order chi connectivity index (χ1) is 8.35. The molecule has 1 aromatic carbocycles. The lowest BCUT2D eigenvalue weighted by Crippen LogP contribution is -2.19. The monoisotopic (exact) mass is 224 g/mol. The molecule has 2 aromatic rings. The summed E-state index contributed by atoms with van der Waals surface area (Å²) in [5.41, 5.74) is 2.96. The van der Waals surface area contributed by atoms with E-state index in [0.717, 1.165) is 35.6 Å². The first kappa shape index (κ1) is 9.20. The molecule has 2 N–H and O–H groups in total. The number of nitrogens with zero attached hydrogens (tertiary/aromatic N) is 2. The second-order valence-corrected chi connectivity index (χ2v) is 5.10. The number of hydrogen-bond donors (Lipinski definition) is 2. The minimum Gasteiger partial charge on any atom is -0.315 e. The molecule has 1 saturated carbocycles. The smallest absolute Gasteiger partial charge is 0.101 e. The van der Waals surface area contributed by atoms with Crippen LogP contribution in [0.4, 0.5) is 0 Å². The second kappa shape index (κ2) is 2.88. The topological polar surface area (TPSA) is 64.5 Å². The van der Waals surface area contributed by atoms with E-state index in [1.54, 1.807) is 0 Å². The molecule has 0 spiro atoms. The van der Waals surface area contributed by atoms with Crippen molar-refractivity contribution in [2.24, 2.45) is 5.92 Å². The van der Waals surface area contributed by atoms with Gasteiger partial charge in [-0.15, -0.1) is 0 Å². The number of fused-ring (bicyclic) bond motifs is 2. The van der Waals surface area contributed by atoms with Crippen LogP contribution in [-0.2, 0) is 5.41 Å². The van der Waals surface area contributed by atoms with E-state index >= 15 is 0 Å². The Morgan fingerprint density at radius 2 is 2.41 bits per heavy atom. The molecule has 1 aromatic heterocycles. The highest BCUT2D eigenvalue weighted by molar-refractivity contribution is 5.87. The van der Waals surface area contributed by atoms with Crippen molar-refractivity contribution in [3.63, 3.8) is 0 Å². The van der Waals surface area contributed by atoms with Crippen LogP contribution in [0.1, 0.15) is 17.7 Å². The number of nitriles is 1. The average Bonchev–Trinajstić information content (AvgIpc) is 2.78. The van der Waals surface area contributed by atoms with Crippen LogP contribution in [-0.4, -0.2) is 23.3 Å². The van der Waals surface area contributed by atoms with E-state index in [0.29, 0.717) is 5.56 Å². The molecule has 84 valence electrons. The summed E-state index contributed by atoms with van der Waals surface area (Å²) in [5, 5.41) is 21.1. The Balaban J connectivity index is 1.96. The van der Waals surface area contributed by atoms with Gasteiger partial charge in [0.05, 0.1) is 16.8 Å². The summed E-state index contributed by atoms with van der Waals surface area (Å²) in [6.45, 7) is 2.13. The van der Waals surface area contributed by atoms with Crippen molar-refractivity contribution in [1.29, 1.82) is 5.26 Å². The fraction of sp³-hybridized carbons (Fsp3) is 0.385. The molecule has 4 nitrogen and oxygen atoms in total. The molecule has 4 rings (SSSR count). The van der Waals surface area contributed by atoms with Gasteiger partial charge in [-0.2, -0.15) is 10.4 Å². The van der Waals surface area contributed by atoms with Gasteiger partial charge in [-0.3, -0.25) is 5.10 Å². The number of hydrogen-bond acceptors (Lipinski definition) is 3. The van der Waals surface area contributed by atoms with Gasteiger partial charge in [-0.25, -0.2) is 0 Å². The summed E-state index contributed by atoms with van der Waals surface area (Å²) >= 11 is 0. The largest absolute Gasteiger partial charge is 0.315 e. The van der Waals surface area contributed by atoms with Crippen molar-refractivity contribution >= 4 is 10.9 Å². The van der Waals surface area contributed by atoms with Gasteiger partial charge in [0.15, 0.2) is 0 Å². The van der Waals surface area contributed by atoms with E-state index in [2.05, 4.69) is 27.6 Å². The molecule has 1 aliphatic carbocycles. The first-order valence-electron chi connectivity index (χ1n) is 5.93. The van der Waals surface area contributed by atoms with Gasteiger partial charge in [-0.1, -0.05) is 12.1 Å². The van der Waals surface area contributed by atoms with E-state index < -0.39 is 0 Å². The van der Waals surface area contributed by atoms with Gasteiger partial charge in [0.25, 0.3) is 0 Å². The maximum absolute atomic E-state index is 9.07. The van der Waals surface area contributed by atoms with Crippen LogP contribution in [0, 0.1) is 17.2 Å². The number of piperidine rings is 1. The van der Waals surface area contributed by atoms with Crippen LogP contribution >= 0.6 is 0 Å². The molecule has 2 aliphatic rings. The lowest BCUT2D eigenvalue weighted by molar-refractivity contribution is 0.658. The average molecular weight is 224 g/mol. The fourth-order valence-corrected chi connectivity index (χ4v) is 3.22. The van der Waals surface area contributed by atoms with Crippen LogP contribution < -0.4 is 5.32 Å². The Morgan fingerprint density at radius 3 is 3.12 bits per heavy atom. The van der Waals surface area contributed by atoms with Crippen molar-refractivity contribution in [1.82, 2.24) is 15.5 Å². The zero-order chi connectivity index (χ0) is 11.5. The van der Waals surface area contributed by atoms with E-state index in [-0.39, 0.29) is 5.41 Å². The summed E-state index contributed by atoms with van der Waals surface area (Å²) in [4.78, 5) is 0. The van der Waals surface area contributed by atoms with Gasteiger partial charge >= 0.3 is 0 Å². The molecular formula is C13H12N4. The van der Waals surface area contributed by atoms with Crippen LogP contribution in [0.25, 0.3) is 10.9 Å². The second-order valence-electron chi connectivity index (χ2n) is 5.10. The molecule has 0 bridgehead atoms. The van der Waals surface area contributed by atoms with Crippen molar-refractivity contribution in [2.75, 3.05) is 13.1 Å². The fourth-order valence-electron chi connectivity index (χ4n) is 3.22. The van der Waals surface area contributed by atoms with Crippen molar-refractivity contribution < 1.29 is 0 Å². The summed E-state index contributed by atoms with van der Waals surface area (Å²) in [6, 6.07) is 8.05. The Bertz CT molecular complexity index is 651. The molecule has 2 atom stereocenters. The predicted molar refractivity (Wildman–Crippen MR) is 63.5 cm³/mol. The van der Waals surface area contributed by atoms with Crippen molar-refractivity contribution in [3.05, 3.63) is 29.5 Å². The number of aromatic nitrogens is 2. The lowest BCUT2D eigenvalue weighted by Gasteiger charge is -2.08.